The molecule has 1 aromatic rings. The molecule has 1 unspecified atom stereocenters. The summed E-state index contributed by atoms with van der Waals surface area (Å²) in [5.74, 6) is 1.88. The van der Waals surface area contributed by atoms with Gasteiger partial charge in [-0.1, -0.05) is 18.6 Å². The lowest BCUT2D eigenvalue weighted by Gasteiger charge is -2.27. The molecule has 2 heteroatoms. The van der Waals surface area contributed by atoms with Crippen molar-refractivity contribution < 1.29 is 4.74 Å². The molecule has 0 aromatic heterocycles. The number of hydrogen-bond donors (Lipinski definition) is 1. The Morgan fingerprint density at radius 3 is 2.67 bits per heavy atom. The van der Waals surface area contributed by atoms with Gasteiger partial charge in [-0.15, -0.1) is 0 Å². The molecule has 0 amide bonds. The van der Waals surface area contributed by atoms with Crippen LogP contribution in [0, 0.1) is 5.92 Å². The minimum atomic E-state index is 0.235. The lowest BCUT2D eigenvalue weighted by molar-refractivity contribution is 0.242. The highest BCUT2D eigenvalue weighted by molar-refractivity contribution is 5.30. The Labute approximate surface area is 111 Å². The number of rotatable bonds is 6. The molecule has 0 saturated heterocycles. The zero-order valence-corrected chi connectivity index (χ0v) is 11.8. The van der Waals surface area contributed by atoms with E-state index in [1.54, 1.807) is 0 Å². The quantitative estimate of drug-likeness (QED) is 0.822. The zero-order valence-electron chi connectivity index (χ0n) is 11.8. The van der Waals surface area contributed by atoms with Crippen LogP contribution in [0.5, 0.6) is 5.75 Å². The van der Waals surface area contributed by atoms with E-state index in [0.717, 1.165) is 18.2 Å². The van der Waals surface area contributed by atoms with E-state index < -0.39 is 0 Å². The molecule has 1 aromatic carbocycles. The Balaban J connectivity index is 1.89. The molecular formula is C16H25NO. The maximum absolute atomic E-state index is 5.74. The van der Waals surface area contributed by atoms with E-state index in [9.17, 15) is 0 Å². The molecule has 2 nitrogen and oxygen atoms in total. The van der Waals surface area contributed by atoms with Crippen LogP contribution in [0.1, 0.15) is 51.6 Å². The molecule has 100 valence electrons. The lowest BCUT2D eigenvalue weighted by atomic mass is 9.85. The molecule has 2 rings (SSSR count). The summed E-state index contributed by atoms with van der Waals surface area (Å²) in [5, 5.41) is 3.63. The van der Waals surface area contributed by atoms with Crippen molar-refractivity contribution in [1.82, 2.24) is 5.32 Å². The van der Waals surface area contributed by atoms with Crippen LogP contribution in [0.15, 0.2) is 24.3 Å². The van der Waals surface area contributed by atoms with Crippen LogP contribution in [0.3, 0.4) is 0 Å². The second-order valence-electron chi connectivity index (χ2n) is 5.67. The van der Waals surface area contributed by atoms with Crippen LogP contribution in [0.4, 0.5) is 0 Å². The average Bonchev–Trinajstić information content (AvgIpc) is 2.26. The van der Waals surface area contributed by atoms with E-state index in [0.29, 0.717) is 6.04 Å². The second kappa shape index (κ2) is 6.24. The molecule has 0 spiro atoms. The van der Waals surface area contributed by atoms with Crippen LogP contribution < -0.4 is 10.1 Å². The smallest absolute Gasteiger partial charge is 0.120 e. The predicted octanol–water partition coefficient (Wildman–Crippen LogP) is 3.92. The molecule has 0 heterocycles. The maximum atomic E-state index is 5.74. The average molecular weight is 247 g/mol. The van der Waals surface area contributed by atoms with Crippen molar-refractivity contribution in [1.29, 1.82) is 0 Å². The summed E-state index contributed by atoms with van der Waals surface area (Å²) in [6.07, 6.45) is 4.45. The maximum Gasteiger partial charge on any atom is 0.120 e. The first kappa shape index (κ1) is 13.4. The molecule has 0 bridgehead atoms. The molecule has 1 N–H and O–H groups in total. The highest BCUT2D eigenvalue weighted by Crippen LogP contribution is 2.26. The van der Waals surface area contributed by atoms with Crippen LogP contribution in [-0.2, 0) is 0 Å². The molecule has 1 fully saturated rings. The Morgan fingerprint density at radius 1 is 1.28 bits per heavy atom. The Hall–Kier alpha value is -1.02. The molecule has 1 atom stereocenters. The standard InChI is InChI=1S/C16H25NO/c1-12(2)18-16-9-5-8-15(10-16)13(3)17-11-14-6-4-7-14/h5,8-10,12-14,17H,4,6-7,11H2,1-3H3. The third-order valence-corrected chi connectivity index (χ3v) is 3.67. The van der Waals surface area contributed by atoms with Gasteiger partial charge in [-0.05, 0) is 63.8 Å². The SMILES string of the molecule is CC(C)Oc1cccc(C(C)NCC2CCC2)c1. The van der Waals surface area contributed by atoms with Gasteiger partial charge in [0.25, 0.3) is 0 Å². The van der Waals surface area contributed by atoms with Crippen LogP contribution in [0.2, 0.25) is 0 Å². The number of benzene rings is 1. The lowest BCUT2D eigenvalue weighted by Crippen LogP contribution is -2.29. The second-order valence-corrected chi connectivity index (χ2v) is 5.67. The minimum absolute atomic E-state index is 0.235. The molecular weight excluding hydrogens is 222 g/mol. The Kier molecular flexibility index (Phi) is 4.65. The van der Waals surface area contributed by atoms with Crippen LogP contribution in [-0.4, -0.2) is 12.6 Å². The Morgan fingerprint density at radius 2 is 2.06 bits per heavy atom. The van der Waals surface area contributed by atoms with E-state index in [2.05, 4.69) is 44.3 Å². The summed E-state index contributed by atoms with van der Waals surface area (Å²) in [5.41, 5.74) is 1.31. The van der Waals surface area contributed by atoms with Crippen molar-refractivity contribution in [2.45, 2.75) is 52.2 Å². The highest BCUT2D eigenvalue weighted by atomic mass is 16.5. The van der Waals surface area contributed by atoms with Crippen LogP contribution in [0.25, 0.3) is 0 Å². The van der Waals surface area contributed by atoms with E-state index >= 15 is 0 Å². The first-order valence-electron chi connectivity index (χ1n) is 7.15. The van der Waals surface area contributed by atoms with E-state index in [-0.39, 0.29) is 6.10 Å². The molecule has 1 aliphatic carbocycles. The van der Waals surface area contributed by atoms with Gasteiger partial charge in [-0.25, -0.2) is 0 Å². The number of hydrogen-bond acceptors (Lipinski definition) is 2. The van der Waals surface area contributed by atoms with Gasteiger partial charge < -0.3 is 10.1 Å². The monoisotopic (exact) mass is 247 g/mol. The number of nitrogens with one attached hydrogen (secondary N) is 1. The minimum Gasteiger partial charge on any atom is -0.491 e. The van der Waals surface area contributed by atoms with Gasteiger partial charge in [-0.2, -0.15) is 0 Å². The summed E-state index contributed by atoms with van der Waals surface area (Å²) in [4.78, 5) is 0. The normalized spacial score (nSPS) is 17.6. The van der Waals surface area contributed by atoms with Crippen molar-refractivity contribution >= 4 is 0 Å². The predicted molar refractivity (Wildman–Crippen MR) is 76.0 cm³/mol. The van der Waals surface area contributed by atoms with Gasteiger partial charge in [-0.3, -0.25) is 0 Å². The van der Waals surface area contributed by atoms with E-state index in [1.165, 1.54) is 24.8 Å². The van der Waals surface area contributed by atoms with Crippen molar-refractivity contribution in [2.24, 2.45) is 5.92 Å². The van der Waals surface area contributed by atoms with Gasteiger partial charge in [0, 0.05) is 6.04 Å². The third-order valence-electron chi connectivity index (χ3n) is 3.67. The fourth-order valence-corrected chi connectivity index (χ4v) is 2.29. The van der Waals surface area contributed by atoms with Crippen molar-refractivity contribution in [3.05, 3.63) is 29.8 Å². The largest absolute Gasteiger partial charge is 0.491 e. The van der Waals surface area contributed by atoms with E-state index in [1.807, 2.05) is 6.07 Å². The Bertz CT molecular complexity index is 371. The fraction of sp³-hybridized carbons (Fsp3) is 0.625. The summed E-state index contributed by atoms with van der Waals surface area (Å²) in [7, 11) is 0. The highest BCUT2D eigenvalue weighted by Gasteiger charge is 2.18. The van der Waals surface area contributed by atoms with Crippen molar-refractivity contribution in [3.63, 3.8) is 0 Å². The van der Waals surface area contributed by atoms with Gasteiger partial charge in [0.2, 0.25) is 0 Å². The topological polar surface area (TPSA) is 21.3 Å². The summed E-state index contributed by atoms with van der Waals surface area (Å²) < 4.78 is 5.74. The summed E-state index contributed by atoms with van der Waals surface area (Å²) in [6, 6.07) is 8.84. The molecule has 0 aliphatic heterocycles. The molecule has 0 radical (unpaired) electrons. The first-order valence-corrected chi connectivity index (χ1v) is 7.15. The fourth-order valence-electron chi connectivity index (χ4n) is 2.29. The summed E-state index contributed by atoms with van der Waals surface area (Å²) >= 11 is 0. The van der Waals surface area contributed by atoms with Gasteiger partial charge in [0.15, 0.2) is 0 Å². The molecule has 1 saturated carbocycles. The van der Waals surface area contributed by atoms with E-state index in [4.69, 9.17) is 4.74 Å². The van der Waals surface area contributed by atoms with Gasteiger partial charge in [0.05, 0.1) is 6.10 Å². The van der Waals surface area contributed by atoms with Crippen molar-refractivity contribution in [3.8, 4) is 5.75 Å². The first-order chi connectivity index (χ1) is 8.65. The zero-order chi connectivity index (χ0) is 13.0. The van der Waals surface area contributed by atoms with Gasteiger partial charge >= 0.3 is 0 Å². The van der Waals surface area contributed by atoms with Gasteiger partial charge in [0.1, 0.15) is 5.75 Å². The summed E-state index contributed by atoms with van der Waals surface area (Å²) in [6.45, 7) is 7.50. The third kappa shape index (κ3) is 3.74. The number of ether oxygens (including phenoxy) is 1. The van der Waals surface area contributed by atoms with Crippen LogP contribution >= 0.6 is 0 Å². The molecule has 1 aliphatic rings. The molecule has 18 heavy (non-hydrogen) atoms. The van der Waals surface area contributed by atoms with Crippen molar-refractivity contribution in [2.75, 3.05) is 6.54 Å².